The molecule has 0 unspecified atom stereocenters. The predicted octanol–water partition coefficient (Wildman–Crippen LogP) is 4.45. The predicted molar refractivity (Wildman–Crippen MR) is 65.8 cm³/mol. The molecular weight excluding hydrogens is 199 g/mol. The van der Waals surface area contributed by atoms with E-state index in [1.807, 2.05) is 12.1 Å². The second kappa shape index (κ2) is 4.93. The maximum absolute atomic E-state index is 12.8. The van der Waals surface area contributed by atoms with Crippen molar-refractivity contribution < 1.29 is 4.39 Å². The molecule has 2 rings (SSSR count). The van der Waals surface area contributed by atoms with Gasteiger partial charge in [-0.25, -0.2) is 4.39 Å². The molecule has 0 heterocycles. The molecule has 0 bridgehead atoms. The molecular formula is C15H15F. The molecule has 82 valence electrons. The summed E-state index contributed by atoms with van der Waals surface area (Å²) < 4.78 is 12.8. The standard InChI is InChI=1S/C15H15F/c1-2-3-12-4-6-13(7-5-12)14-8-10-15(16)11-9-14/h4-11H,2-3H2,1H3. The fourth-order valence-electron chi connectivity index (χ4n) is 1.79. The minimum atomic E-state index is -0.189. The first-order chi connectivity index (χ1) is 7.79. The van der Waals surface area contributed by atoms with Gasteiger partial charge >= 0.3 is 0 Å². The fraction of sp³-hybridized carbons (Fsp3) is 0.200. The van der Waals surface area contributed by atoms with Crippen molar-refractivity contribution in [1.29, 1.82) is 0 Å². The van der Waals surface area contributed by atoms with E-state index >= 15 is 0 Å². The van der Waals surface area contributed by atoms with Crippen LogP contribution in [0.4, 0.5) is 4.39 Å². The molecule has 0 atom stereocenters. The normalized spacial score (nSPS) is 10.4. The first-order valence-electron chi connectivity index (χ1n) is 5.64. The lowest BCUT2D eigenvalue weighted by molar-refractivity contribution is 0.628. The number of hydrogen-bond donors (Lipinski definition) is 0. The highest BCUT2D eigenvalue weighted by Gasteiger charge is 1.98. The lowest BCUT2D eigenvalue weighted by Gasteiger charge is -2.03. The molecule has 0 N–H and O–H groups in total. The Kier molecular flexibility index (Phi) is 3.35. The maximum atomic E-state index is 12.8. The van der Waals surface area contributed by atoms with Gasteiger partial charge in [0.2, 0.25) is 0 Å². The molecule has 0 aliphatic heterocycles. The minimum Gasteiger partial charge on any atom is -0.207 e. The Bertz CT molecular complexity index is 440. The van der Waals surface area contributed by atoms with Gasteiger partial charge in [0.1, 0.15) is 5.82 Å². The number of hydrogen-bond acceptors (Lipinski definition) is 0. The van der Waals surface area contributed by atoms with Crippen molar-refractivity contribution >= 4 is 0 Å². The largest absolute Gasteiger partial charge is 0.207 e. The van der Waals surface area contributed by atoms with Crippen LogP contribution in [0.5, 0.6) is 0 Å². The Morgan fingerprint density at radius 2 is 1.31 bits per heavy atom. The second-order valence-electron chi connectivity index (χ2n) is 3.95. The third-order valence-electron chi connectivity index (χ3n) is 2.67. The highest BCUT2D eigenvalue weighted by atomic mass is 19.1. The van der Waals surface area contributed by atoms with Crippen LogP contribution < -0.4 is 0 Å². The van der Waals surface area contributed by atoms with Crippen LogP contribution in [0.3, 0.4) is 0 Å². The average Bonchev–Trinajstić information content (AvgIpc) is 2.32. The molecule has 0 nitrogen and oxygen atoms in total. The topological polar surface area (TPSA) is 0 Å². The summed E-state index contributed by atoms with van der Waals surface area (Å²) in [5, 5.41) is 0. The van der Waals surface area contributed by atoms with Gasteiger partial charge in [-0.3, -0.25) is 0 Å². The van der Waals surface area contributed by atoms with Crippen LogP contribution in [0.2, 0.25) is 0 Å². The van der Waals surface area contributed by atoms with Gasteiger partial charge in [-0.15, -0.1) is 0 Å². The molecule has 0 aliphatic carbocycles. The Hall–Kier alpha value is -1.63. The van der Waals surface area contributed by atoms with E-state index in [2.05, 4.69) is 31.2 Å². The van der Waals surface area contributed by atoms with Gasteiger partial charge in [-0.05, 0) is 35.2 Å². The Morgan fingerprint density at radius 3 is 1.81 bits per heavy atom. The zero-order valence-electron chi connectivity index (χ0n) is 9.41. The van der Waals surface area contributed by atoms with Crippen molar-refractivity contribution in [2.75, 3.05) is 0 Å². The van der Waals surface area contributed by atoms with Crippen molar-refractivity contribution in [3.05, 3.63) is 59.9 Å². The number of halogens is 1. The first kappa shape index (κ1) is 10.9. The van der Waals surface area contributed by atoms with Crippen molar-refractivity contribution in [2.24, 2.45) is 0 Å². The molecule has 2 aromatic rings. The Balaban J connectivity index is 2.24. The Morgan fingerprint density at radius 1 is 0.812 bits per heavy atom. The van der Waals surface area contributed by atoms with Crippen LogP contribution >= 0.6 is 0 Å². The summed E-state index contributed by atoms with van der Waals surface area (Å²) in [6, 6.07) is 15.1. The molecule has 0 saturated carbocycles. The van der Waals surface area contributed by atoms with Crippen LogP contribution in [0, 0.1) is 5.82 Å². The smallest absolute Gasteiger partial charge is 0.123 e. The van der Waals surface area contributed by atoms with Crippen molar-refractivity contribution in [1.82, 2.24) is 0 Å². The summed E-state index contributed by atoms with van der Waals surface area (Å²) in [5.41, 5.74) is 3.55. The van der Waals surface area contributed by atoms with Gasteiger partial charge in [0.05, 0.1) is 0 Å². The van der Waals surface area contributed by atoms with E-state index in [-0.39, 0.29) is 5.82 Å². The highest BCUT2D eigenvalue weighted by molar-refractivity contribution is 5.63. The van der Waals surface area contributed by atoms with E-state index in [0.29, 0.717) is 0 Å². The summed E-state index contributed by atoms with van der Waals surface area (Å²) in [7, 11) is 0. The van der Waals surface area contributed by atoms with Gasteiger partial charge in [-0.1, -0.05) is 49.7 Å². The molecule has 0 aliphatic rings. The lowest BCUT2D eigenvalue weighted by Crippen LogP contribution is -1.83. The summed E-state index contributed by atoms with van der Waals surface area (Å²) >= 11 is 0. The summed E-state index contributed by atoms with van der Waals surface area (Å²) in [4.78, 5) is 0. The van der Waals surface area contributed by atoms with Crippen LogP contribution in [-0.2, 0) is 6.42 Å². The SMILES string of the molecule is CCCc1ccc(-c2ccc(F)cc2)cc1. The molecule has 0 spiro atoms. The maximum Gasteiger partial charge on any atom is 0.123 e. The van der Waals surface area contributed by atoms with E-state index in [1.165, 1.54) is 17.7 Å². The molecule has 0 fully saturated rings. The van der Waals surface area contributed by atoms with Gasteiger partial charge in [0, 0.05) is 0 Å². The van der Waals surface area contributed by atoms with Crippen LogP contribution in [-0.4, -0.2) is 0 Å². The van der Waals surface area contributed by atoms with Crippen molar-refractivity contribution in [3.8, 4) is 11.1 Å². The molecule has 1 heteroatoms. The number of aryl methyl sites for hydroxylation is 1. The summed E-state index contributed by atoms with van der Waals surface area (Å²) in [5.74, 6) is -0.189. The van der Waals surface area contributed by atoms with Gasteiger partial charge in [-0.2, -0.15) is 0 Å². The lowest BCUT2D eigenvalue weighted by atomic mass is 10.0. The van der Waals surface area contributed by atoms with Crippen LogP contribution in [0.15, 0.2) is 48.5 Å². The monoisotopic (exact) mass is 214 g/mol. The van der Waals surface area contributed by atoms with E-state index in [9.17, 15) is 4.39 Å². The molecule has 16 heavy (non-hydrogen) atoms. The zero-order chi connectivity index (χ0) is 11.4. The Labute approximate surface area is 95.7 Å². The fourth-order valence-corrected chi connectivity index (χ4v) is 1.79. The summed E-state index contributed by atoms with van der Waals surface area (Å²) in [6.07, 6.45) is 2.28. The molecule has 0 radical (unpaired) electrons. The van der Waals surface area contributed by atoms with E-state index in [0.717, 1.165) is 24.0 Å². The van der Waals surface area contributed by atoms with E-state index in [4.69, 9.17) is 0 Å². The quantitative estimate of drug-likeness (QED) is 0.708. The molecule has 0 saturated heterocycles. The first-order valence-corrected chi connectivity index (χ1v) is 5.64. The molecule has 2 aromatic carbocycles. The number of benzene rings is 2. The van der Waals surface area contributed by atoms with Crippen LogP contribution in [0.1, 0.15) is 18.9 Å². The third kappa shape index (κ3) is 2.48. The van der Waals surface area contributed by atoms with Gasteiger partial charge in [0.15, 0.2) is 0 Å². The van der Waals surface area contributed by atoms with Crippen molar-refractivity contribution in [3.63, 3.8) is 0 Å². The third-order valence-corrected chi connectivity index (χ3v) is 2.67. The van der Waals surface area contributed by atoms with Crippen LogP contribution in [0.25, 0.3) is 11.1 Å². The highest BCUT2D eigenvalue weighted by Crippen LogP contribution is 2.20. The second-order valence-corrected chi connectivity index (χ2v) is 3.95. The van der Waals surface area contributed by atoms with E-state index < -0.39 is 0 Å². The average molecular weight is 214 g/mol. The van der Waals surface area contributed by atoms with Gasteiger partial charge in [0.25, 0.3) is 0 Å². The van der Waals surface area contributed by atoms with Gasteiger partial charge < -0.3 is 0 Å². The molecule has 0 amide bonds. The number of rotatable bonds is 3. The molecule has 0 aromatic heterocycles. The summed E-state index contributed by atoms with van der Waals surface area (Å²) in [6.45, 7) is 2.17. The van der Waals surface area contributed by atoms with Crippen molar-refractivity contribution in [2.45, 2.75) is 19.8 Å². The zero-order valence-corrected chi connectivity index (χ0v) is 9.41. The van der Waals surface area contributed by atoms with E-state index in [1.54, 1.807) is 0 Å². The minimum absolute atomic E-state index is 0.189.